The SMILES string of the molecule is Cl.O=C(CCC1CCNCC1)Nc1ccc2c(c1)CCC2. The molecule has 116 valence electrons. The summed E-state index contributed by atoms with van der Waals surface area (Å²) >= 11 is 0. The maximum absolute atomic E-state index is 12.0. The third kappa shape index (κ3) is 4.45. The van der Waals surface area contributed by atoms with E-state index in [0.717, 1.165) is 37.5 Å². The fraction of sp³-hybridized carbons (Fsp3) is 0.588. The van der Waals surface area contributed by atoms with Crippen LogP contribution in [0, 0.1) is 5.92 Å². The summed E-state index contributed by atoms with van der Waals surface area (Å²) in [5.74, 6) is 0.892. The second-order valence-corrected chi connectivity index (χ2v) is 6.12. The third-order valence-electron chi connectivity index (χ3n) is 4.62. The molecule has 0 unspecified atom stereocenters. The van der Waals surface area contributed by atoms with Crippen LogP contribution < -0.4 is 10.6 Å². The van der Waals surface area contributed by atoms with Crippen molar-refractivity contribution in [3.05, 3.63) is 29.3 Å². The number of nitrogens with one attached hydrogen (secondary N) is 2. The van der Waals surface area contributed by atoms with Crippen molar-refractivity contribution >= 4 is 24.0 Å². The Morgan fingerprint density at radius 2 is 1.95 bits per heavy atom. The Kier molecular flexibility index (Phi) is 6.07. The number of piperidine rings is 1. The quantitative estimate of drug-likeness (QED) is 0.896. The monoisotopic (exact) mass is 308 g/mol. The Morgan fingerprint density at radius 3 is 2.76 bits per heavy atom. The van der Waals surface area contributed by atoms with Crippen LogP contribution in [0.4, 0.5) is 5.69 Å². The number of aryl methyl sites for hydroxylation is 2. The van der Waals surface area contributed by atoms with Crippen LogP contribution in [-0.2, 0) is 17.6 Å². The molecule has 1 aromatic rings. The first-order valence-corrected chi connectivity index (χ1v) is 7.93. The number of halogens is 1. The summed E-state index contributed by atoms with van der Waals surface area (Å²) in [6, 6.07) is 6.38. The lowest BCUT2D eigenvalue weighted by Crippen LogP contribution is -2.28. The Morgan fingerprint density at radius 1 is 1.19 bits per heavy atom. The molecule has 3 rings (SSSR count). The molecule has 1 amide bonds. The smallest absolute Gasteiger partial charge is 0.224 e. The molecule has 1 saturated heterocycles. The number of anilines is 1. The molecule has 0 atom stereocenters. The van der Waals surface area contributed by atoms with Gasteiger partial charge in [0.1, 0.15) is 0 Å². The second-order valence-electron chi connectivity index (χ2n) is 6.12. The number of rotatable bonds is 4. The second kappa shape index (κ2) is 7.81. The number of hydrogen-bond donors (Lipinski definition) is 2. The average Bonchev–Trinajstić information content (AvgIpc) is 2.94. The molecule has 1 heterocycles. The molecule has 1 aliphatic carbocycles. The molecule has 4 heteroatoms. The first kappa shape index (κ1) is 16.3. The van der Waals surface area contributed by atoms with Crippen molar-refractivity contribution in [2.45, 2.75) is 44.9 Å². The van der Waals surface area contributed by atoms with E-state index in [0.29, 0.717) is 6.42 Å². The minimum absolute atomic E-state index is 0. The van der Waals surface area contributed by atoms with Crippen molar-refractivity contribution in [1.29, 1.82) is 0 Å². The fourth-order valence-electron chi connectivity index (χ4n) is 3.38. The van der Waals surface area contributed by atoms with Crippen LogP contribution in [-0.4, -0.2) is 19.0 Å². The van der Waals surface area contributed by atoms with Gasteiger partial charge in [-0.3, -0.25) is 4.79 Å². The molecule has 21 heavy (non-hydrogen) atoms. The zero-order valence-electron chi connectivity index (χ0n) is 12.5. The molecular formula is C17H25ClN2O. The molecule has 0 aromatic heterocycles. The number of amides is 1. The van der Waals surface area contributed by atoms with Crippen molar-refractivity contribution in [2.75, 3.05) is 18.4 Å². The van der Waals surface area contributed by atoms with Crippen molar-refractivity contribution in [3.63, 3.8) is 0 Å². The zero-order valence-corrected chi connectivity index (χ0v) is 13.3. The number of carbonyl (C=O) groups excluding carboxylic acids is 1. The highest BCUT2D eigenvalue weighted by atomic mass is 35.5. The number of fused-ring (bicyclic) bond motifs is 1. The molecule has 0 radical (unpaired) electrons. The molecule has 1 aliphatic heterocycles. The largest absolute Gasteiger partial charge is 0.326 e. The van der Waals surface area contributed by atoms with Gasteiger partial charge in [0.2, 0.25) is 5.91 Å². The molecule has 0 saturated carbocycles. The molecule has 2 aliphatic rings. The van der Waals surface area contributed by atoms with Gasteiger partial charge in [0.25, 0.3) is 0 Å². The van der Waals surface area contributed by atoms with Gasteiger partial charge in [0.15, 0.2) is 0 Å². The average molecular weight is 309 g/mol. The summed E-state index contributed by atoms with van der Waals surface area (Å²) in [5, 5.41) is 6.42. The van der Waals surface area contributed by atoms with E-state index >= 15 is 0 Å². The normalized spacial score (nSPS) is 17.9. The third-order valence-corrected chi connectivity index (χ3v) is 4.62. The summed E-state index contributed by atoms with van der Waals surface area (Å²) in [6.07, 6.45) is 7.72. The Bertz CT molecular complexity index is 484. The predicted octanol–water partition coefficient (Wildman–Crippen LogP) is 3.32. The lowest BCUT2D eigenvalue weighted by Gasteiger charge is -2.22. The summed E-state index contributed by atoms with van der Waals surface area (Å²) in [4.78, 5) is 12.0. The van der Waals surface area contributed by atoms with Gasteiger partial charge in [0, 0.05) is 12.1 Å². The maximum atomic E-state index is 12.0. The van der Waals surface area contributed by atoms with Gasteiger partial charge in [0.05, 0.1) is 0 Å². The van der Waals surface area contributed by atoms with E-state index in [1.807, 2.05) is 6.07 Å². The van der Waals surface area contributed by atoms with E-state index in [-0.39, 0.29) is 18.3 Å². The van der Waals surface area contributed by atoms with Crippen LogP contribution in [0.25, 0.3) is 0 Å². The molecule has 2 N–H and O–H groups in total. The van der Waals surface area contributed by atoms with Gasteiger partial charge in [-0.05, 0) is 80.8 Å². The summed E-state index contributed by atoms with van der Waals surface area (Å²) in [6.45, 7) is 2.22. The van der Waals surface area contributed by atoms with Gasteiger partial charge in [-0.2, -0.15) is 0 Å². The van der Waals surface area contributed by atoms with E-state index in [4.69, 9.17) is 0 Å². The van der Waals surface area contributed by atoms with Crippen LogP contribution in [0.2, 0.25) is 0 Å². The van der Waals surface area contributed by atoms with Gasteiger partial charge in [-0.25, -0.2) is 0 Å². The predicted molar refractivity (Wildman–Crippen MR) is 89.2 cm³/mol. The molecule has 3 nitrogen and oxygen atoms in total. The zero-order chi connectivity index (χ0) is 13.8. The van der Waals surface area contributed by atoms with Crippen molar-refractivity contribution < 1.29 is 4.79 Å². The van der Waals surface area contributed by atoms with E-state index in [1.54, 1.807) is 0 Å². The van der Waals surface area contributed by atoms with Crippen LogP contribution in [0.15, 0.2) is 18.2 Å². The van der Waals surface area contributed by atoms with E-state index < -0.39 is 0 Å². The van der Waals surface area contributed by atoms with Crippen LogP contribution in [0.5, 0.6) is 0 Å². The van der Waals surface area contributed by atoms with Gasteiger partial charge in [-0.1, -0.05) is 6.07 Å². The molecular weight excluding hydrogens is 284 g/mol. The van der Waals surface area contributed by atoms with Crippen molar-refractivity contribution in [3.8, 4) is 0 Å². The first-order chi connectivity index (χ1) is 9.81. The first-order valence-electron chi connectivity index (χ1n) is 7.93. The minimum atomic E-state index is 0. The number of hydrogen-bond acceptors (Lipinski definition) is 2. The summed E-state index contributed by atoms with van der Waals surface area (Å²) < 4.78 is 0. The summed E-state index contributed by atoms with van der Waals surface area (Å²) in [5.41, 5.74) is 3.85. The Labute approximate surface area is 133 Å². The topological polar surface area (TPSA) is 41.1 Å². The fourth-order valence-corrected chi connectivity index (χ4v) is 3.38. The standard InChI is InChI=1S/C17H24N2O.ClH/c20-17(7-4-13-8-10-18-11-9-13)19-16-6-5-14-2-1-3-15(14)12-16;/h5-6,12-13,18H,1-4,7-11H2,(H,19,20);1H. The molecule has 0 bridgehead atoms. The minimum Gasteiger partial charge on any atom is -0.326 e. The lowest BCUT2D eigenvalue weighted by atomic mass is 9.93. The Balaban J connectivity index is 0.00000161. The maximum Gasteiger partial charge on any atom is 0.224 e. The number of carbonyl (C=O) groups is 1. The van der Waals surface area contributed by atoms with Crippen LogP contribution >= 0.6 is 12.4 Å². The highest BCUT2D eigenvalue weighted by molar-refractivity contribution is 5.90. The highest BCUT2D eigenvalue weighted by Gasteiger charge is 2.15. The van der Waals surface area contributed by atoms with Gasteiger partial charge < -0.3 is 10.6 Å². The lowest BCUT2D eigenvalue weighted by molar-refractivity contribution is -0.116. The number of benzene rings is 1. The van der Waals surface area contributed by atoms with Crippen molar-refractivity contribution in [1.82, 2.24) is 5.32 Å². The molecule has 1 fully saturated rings. The van der Waals surface area contributed by atoms with Crippen LogP contribution in [0.3, 0.4) is 0 Å². The van der Waals surface area contributed by atoms with E-state index in [2.05, 4.69) is 22.8 Å². The molecule has 0 spiro atoms. The van der Waals surface area contributed by atoms with Gasteiger partial charge in [-0.15, -0.1) is 12.4 Å². The highest BCUT2D eigenvalue weighted by Crippen LogP contribution is 2.25. The van der Waals surface area contributed by atoms with Gasteiger partial charge >= 0.3 is 0 Å². The van der Waals surface area contributed by atoms with E-state index in [9.17, 15) is 4.79 Å². The summed E-state index contributed by atoms with van der Waals surface area (Å²) in [7, 11) is 0. The van der Waals surface area contributed by atoms with Crippen LogP contribution in [0.1, 0.15) is 43.2 Å². The van der Waals surface area contributed by atoms with Crippen molar-refractivity contribution in [2.24, 2.45) is 5.92 Å². The van der Waals surface area contributed by atoms with E-state index in [1.165, 1.54) is 36.8 Å². The molecule has 1 aromatic carbocycles. The Hall–Kier alpha value is -1.06.